The van der Waals surface area contributed by atoms with Crippen LogP contribution in [0.1, 0.15) is 41.0 Å². The summed E-state index contributed by atoms with van der Waals surface area (Å²) in [5, 5.41) is 5.23. The maximum absolute atomic E-state index is 13.0. The minimum Gasteiger partial charge on any atom is -0.274 e. The van der Waals surface area contributed by atoms with Gasteiger partial charge in [-0.2, -0.15) is 9.40 Å². The minimum atomic E-state index is -3.51. The van der Waals surface area contributed by atoms with Crippen LogP contribution in [0.5, 0.6) is 0 Å². The van der Waals surface area contributed by atoms with Crippen LogP contribution in [0.25, 0.3) is 10.6 Å². The van der Waals surface area contributed by atoms with Gasteiger partial charge in [0.15, 0.2) is 0 Å². The highest BCUT2D eigenvalue weighted by Crippen LogP contribution is 2.37. The lowest BCUT2D eigenvalue weighted by molar-refractivity contribution is 0.319. The van der Waals surface area contributed by atoms with E-state index in [9.17, 15) is 8.42 Å². The van der Waals surface area contributed by atoms with Gasteiger partial charge in [0.25, 0.3) is 0 Å². The molecule has 1 aliphatic heterocycles. The predicted octanol–water partition coefficient (Wildman–Crippen LogP) is 2.83. The molecule has 0 aliphatic carbocycles. The van der Waals surface area contributed by atoms with Crippen LogP contribution in [0, 0.1) is 20.8 Å². The maximum atomic E-state index is 13.0. The van der Waals surface area contributed by atoms with Crippen LogP contribution in [0.3, 0.4) is 0 Å². The molecule has 1 aliphatic rings. The lowest BCUT2D eigenvalue weighted by Gasteiger charge is -2.30. The van der Waals surface area contributed by atoms with Gasteiger partial charge in [-0.3, -0.25) is 4.68 Å². The zero-order valence-electron chi connectivity index (χ0n) is 17.0. The fourth-order valence-electron chi connectivity index (χ4n) is 3.73. The summed E-state index contributed by atoms with van der Waals surface area (Å²) >= 11 is 1.66. The molecule has 10 heteroatoms. The normalized spacial score (nSPS) is 16.4. The fraction of sp³-hybridized carbons (Fsp3) is 0.474. The first kappa shape index (κ1) is 20.1. The van der Waals surface area contributed by atoms with Crippen LogP contribution < -0.4 is 0 Å². The van der Waals surface area contributed by atoms with E-state index in [4.69, 9.17) is 4.98 Å². The molecule has 4 heterocycles. The van der Waals surface area contributed by atoms with E-state index in [0.717, 1.165) is 39.9 Å². The van der Waals surface area contributed by atoms with Crippen LogP contribution in [0.15, 0.2) is 23.4 Å². The van der Waals surface area contributed by atoms with Gasteiger partial charge < -0.3 is 0 Å². The van der Waals surface area contributed by atoms with Crippen molar-refractivity contribution in [2.24, 2.45) is 7.05 Å². The molecule has 0 saturated carbocycles. The minimum absolute atomic E-state index is 0.261. The summed E-state index contributed by atoms with van der Waals surface area (Å²) in [4.78, 5) is 14.8. The molecule has 0 atom stereocenters. The number of thiazole rings is 1. The van der Waals surface area contributed by atoms with Crippen molar-refractivity contribution in [1.82, 2.24) is 29.0 Å². The smallest absolute Gasteiger partial charge is 0.246 e. The Labute approximate surface area is 174 Å². The van der Waals surface area contributed by atoms with Crippen LogP contribution >= 0.6 is 11.3 Å². The number of rotatable bonds is 4. The molecule has 29 heavy (non-hydrogen) atoms. The summed E-state index contributed by atoms with van der Waals surface area (Å²) in [6.07, 6.45) is 4.86. The number of nitrogens with zero attached hydrogens (tertiary/aromatic N) is 6. The third-order valence-corrected chi connectivity index (χ3v) is 8.56. The van der Waals surface area contributed by atoms with Crippen LogP contribution in [-0.2, 0) is 17.1 Å². The second kappa shape index (κ2) is 7.58. The molecule has 0 bridgehead atoms. The van der Waals surface area contributed by atoms with Gasteiger partial charge in [-0.25, -0.2) is 23.4 Å². The van der Waals surface area contributed by atoms with Crippen molar-refractivity contribution < 1.29 is 8.42 Å². The Morgan fingerprint density at radius 2 is 1.83 bits per heavy atom. The third-order valence-electron chi connectivity index (χ3n) is 5.21. The molecule has 3 aromatic rings. The number of hydrogen-bond donors (Lipinski definition) is 0. The first-order valence-electron chi connectivity index (χ1n) is 9.53. The highest BCUT2D eigenvalue weighted by molar-refractivity contribution is 7.89. The molecule has 8 nitrogen and oxygen atoms in total. The molecule has 0 radical (unpaired) electrons. The SMILES string of the molecule is Cc1nccc(-c2sc(C3CCN(S(=O)(=O)c4cn(C)nc4C)CC3)nc2C)n1. The number of piperidine rings is 1. The van der Waals surface area contributed by atoms with Crippen molar-refractivity contribution in [1.29, 1.82) is 0 Å². The molecule has 0 aromatic carbocycles. The maximum Gasteiger partial charge on any atom is 0.246 e. The molecule has 0 amide bonds. The number of sulfonamides is 1. The average molecular weight is 433 g/mol. The van der Waals surface area contributed by atoms with Crippen molar-refractivity contribution in [2.75, 3.05) is 13.1 Å². The summed E-state index contributed by atoms with van der Waals surface area (Å²) in [5.41, 5.74) is 2.39. The van der Waals surface area contributed by atoms with Gasteiger partial charge in [0.05, 0.1) is 27.0 Å². The summed E-state index contributed by atoms with van der Waals surface area (Å²) in [7, 11) is -1.78. The van der Waals surface area contributed by atoms with Crippen molar-refractivity contribution in [2.45, 2.75) is 44.4 Å². The third kappa shape index (κ3) is 3.84. The molecule has 154 valence electrons. The summed E-state index contributed by atoms with van der Waals surface area (Å²) in [6, 6.07) is 1.91. The van der Waals surface area contributed by atoms with E-state index in [1.54, 1.807) is 46.7 Å². The topological polar surface area (TPSA) is 93.9 Å². The van der Waals surface area contributed by atoms with Crippen molar-refractivity contribution in [3.05, 3.63) is 40.7 Å². The van der Waals surface area contributed by atoms with Crippen LogP contribution in [0.4, 0.5) is 0 Å². The van der Waals surface area contributed by atoms with E-state index in [-0.39, 0.29) is 5.92 Å². The molecule has 0 unspecified atom stereocenters. The fourth-order valence-corrected chi connectivity index (χ4v) is 6.60. The number of aromatic nitrogens is 5. The Hall–Kier alpha value is -2.17. The predicted molar refractivity (Wildman–Crippen MR) is 111 cm³/mol. The first-order chi connectivity index (χ1) is 13.8. The lowest BCUT2D eigenvalue weighted by Crippen LogP contribution is -2.38. The number of hydrogen-bond acceptors (Lipinski definition) is 7. The summed E-state index contributed by atoms with van der Waals surface area (Å²) in [6.45, 7) is 6.58. The quantitative estimate of drug-likeness (QED) is 0.629. The van der Waals surface area contributed by atoms with E-state index in [1.165, 1.54) is 0 Å². The van der Waals surface area contributed by atoms with Crippen LogP contribution in [0.2, 0.25) is 0 Å². The summed E-state index contributed by atoms with van der Waals surface area (Å²) < 4.78 is 29.1. The van der Waals surface area contributed by atoms with Gasteiger partial charge in [-0.05, 0) is 39.7 Å². The van der Waals surface area contributed by atoms with E-state index in [1.807, 2.05) is 19.9 Å². The number of aryl methyl sites for hydroxylation is 4. The molecular weight excluding hydrogens is 408 g/mol. The monoisotopic (exact) mass is 432 g/mol. The van der Waals surface area contributed by atoms with E-state index in [2.05, 4.69) is 15.1 Å². The second-order valence-corrected chi connectivity index (χ2v) is 10.3. The van der Waals surface area contributed by atoms with Crippen molar-refractivity contribution >= 4 is 21.4 Å². The standard InChI is InChI=1S/C19H24N6O2S2/c1-12-17(11-24(4)23-12)29(26,27)25-9-6-15(7-10-25)19-21-13(2)18(28-19)16-5-8-20-14(3)22-16/h5,8,11,15H,6-7,9-10H2,1-4H3. The second-order valence-electron chi connectivity index (χ2n) is 7.39. The van der Waals surface area contributed by atoms with E-state index >= 15 is 0 Å². The van der Waals surface area contributed by atoms with Gasteiger partial charge in [-0.15, -0.1) is 11.3 Å². The molecule has 1 saturated heterocycles. The lowest BCUT2D eigenvalue weighted by atomic mass is 9.99. The zero-order valence-corrected chi connectivity index (χ0v) is 18.6. The molecule has 0 spiro atoms. The van der Waals surface area contributed by atoms with Gasteiger partial charge in [0.1, 0.15) is 10.7 Å². The van der Waals surface area contributed by atoms with Gasteiger partial charge >= 0.3 is 0 Å². The van der Waals surface area contributed by atoms with Gasteiger partial charge in [-0.1, -0.05) is 0 Å². The Morgan fingerprint density at radius 1 is 1.10 bits per heavy atom. The average Bonchev–Trinajstić information content (AvgIpc) is 3.24. The van der Waals surface area contributed by atoms with E-state index < -0.39 is 10.0 Å². The van der Waals surface area contributed by atoms with Crippen LogP contribution in [-0.4, -0.2) is 50.5 Å². The first-order valence-corrected chi connectivity index (χ1v) is 11.8. The van der Waals surface area contributed by atoms with E-state index in [0.29, 0.717) is 23.7 Å². The Balaban J connectivity index is 1.50. The molecular formula is C19H24N6O2S2. The van der Waals surface area contributed by atoms with Crippen molar-refractivity contribution in [3.8, 4) is 10.6 Å². The molecule has 3 aromatic heterocycles. The zero-order chi connectivity index (χ0) is 20.8. The highest BCUT2D eigenvalue weighted by atomic mass is 32.2. The van der Waals surface area contributed by atoms with Gasteiger partial charge in [0.2, 0.25) is 10.0 Å². The highest BCUT2D eigenvalue weighted by Gasteiger charge is 2.33. The summed E-state index contributed by atoms with van der Waals surface area (Å²) in [5.74, 6) is 0.998. The molecule has 0 N–H and O–H groups in total. The molecule has 1 fully saturated rings. The molecule has 4 rings (SSSR count). The Morgan fingerprint density at radius 3 is 2.45 bits per heavy atom. The largest absolute Gasteiger partial charge is 0.274 e. The van der Waals surface area contributed by atoms with Crippen molar-refractivity contribution in [3.63, 3.8) is 0 Å². The Bertz CT molecular complexity index is 1140. The Kier molecular flexibility index (Phi) is 5.26. The van der Waals surface area contributed by atoms with Gasteiger partial charge in [0, 0.05) is 38.4 Å².